The highest BCUT2D eigenvalue weighted by Crippen LogP contribution is 2.34. The van der Waals surface area contributed by atoms with Crippen LogP contribution in [0.3, 0.4) is 0 Å². The number of hydrogen-bond donors (Lipinski definition) is 0. The Bertz CT molecular complexity index is 374. The van der Waals surface area contributed by atoms with Crippen molar-refractivity contribution in [3.05, 3.63) is 47.8 Å². The van der Waals surface area contributed by atoms with Gasteiger partial charge in [0.1, 0.15) is 5.76 Å². The van der Waals surface area contributed by atoms with E-state index in [0.717, 1.165) is 24.2 Å². The molecule has 0 aromatic heterocycles. The van der Waals surface area contributed by atoms with Crippen molar-refractivity contribution in [2.45, 2.75) is 32.5 Å². The maximum absolute atomic E-state index is 6.03. The summed E-state index contributed by atoms with van der Waals surface area (Å²) in [5.74, 6) is 0.320. The van der Waals surface area contributed by atoms with Gasteiger partial charge in [-0.05, 0) is 38.0 Å². The summed E-state index contributed by atoms with van der Waals surface area (Å²) in [5, 5.41) is 0. The Morgan fingerprint density at radius 3 is 2.88 bits per heavy atom. The first-order chi connectivity index (χ1) is 7.77. The fourth-order valence-corrected chi connectivity index (χ4v) is 1.98. The van der Waals surface area contributed by atoms with Gasteiger partial charge in [-0.3, -0.25) is 0 Å². The Balaban J connectivity index is 2.18. The summed E-state index contributed by atoms with van der Waals surface area (Å²) in [6.07, 6.45) is 14.1. The molecule has 0 aromatic rings. The van der Waals surface area contributed by atoms with Crippen LogP contribution < -0.4 is 0 Å². The smallest absolute Gasteiger partial charge is 0.236 e. The topological polar surface area (TPSA) is 18.5 Å². The summed E-state index contributed by atoms with van der Waals surface area (Å²) in [4.78, 5) is 0. The molecular formula is C14H18O2. The van der Waals surface area contributed by atoms with E-state index in [0.29, 0.717) is 6.61 Å². The molecule has 0 fully saturated rings. The first-order valence-electron chi connectivity index (χ1n) is 5.80. The second-order valence-electron chi connectivity index (χ2n) is 4.01. The molecule has 0 N–H and O–H groups in total. The summed E-state index contributed by atoms with van der Waals surface area (Å²) in [5.41, 5.74) is 1.12. The van der Waals surface area contributed by atoms with Gasteiger partial charge >= 0.3 is 0 Å². The van der Waals surface area contributed by atoms with Gasteiger partial charge in [-0.2, -0.15) is 0 Å². The Kier molecular flexibility index (Phi) is 3.30. The quantitative estimate of drug-likeness (QED) is 0.672. The minimum atomic E-state index is -0.593. The zero-order chi connectivity index (χ0) is 11.4. The predicted octanol–water partition coefficient (Wildman–Crippen LogP) is 3.49. The molecular weight excluding hydrogens is 200 g/mol. The van der Waals surface area contributed by atoms with Crippen LogP contribution in [0, 0.1) is 0 Å². The van der Waals surface area contributed by atoms with Crippen LogP contribution in [0.1, 0.15) is 26.7 Å². The van der Waals surface area contributed by atoms with Gasteiger partial charge in [0, 0.05) is 13.0 Å². The van der Waals surface area contributed by atoms with E-state index in [-0.39, 0.29) is 0 Å². The molecule has 0 aromatic carbocycles. The van der Waals surface area contributed by atoms with Crippen LogP contribution in [0.15, 0.2) is 47.8 Å². The van der Waals surface area contributed by atoms with Gasteiger partial charge in [0.15, 0.2) is 0 Å². The van der Waals surface area contributed by atoms with Crippen molar-refractivity contribution in [1.82, 2.24) is 0 Å². The normalized spacial score (nSPS) is 27.9. The summed E-state index contributed by atoms with van der Waals surface area (Å²) in [6.45, 7) is 4.70. The molecule has 0 aliphatic heterocycles. The zero-order valence-electron chi connectivity index (χ0n) is 9.90. The monoisotopic (exact) mass is 218 g/mol. The Labute approximate surface area is 96.9 Å². The van der Waals surface area contributed by atoms with Crippen molar-refractivity contribution in [2.24, 2.45) is 0 Å². The standard InChI is InChI=1S/C14H18O2/c1-3-15-14(11-7-6-8-12(14)2)16-13-9-4-5-10-13/h4,6-10H,3,5,11H2,1-2H3. The van der Waals surface area contributed by atoms with Crippen molar-refractivity contribution < 1.29 is 9.47 Å². The third-order valence-electron chi connectivity index (χ3n) is 2.87. The maximum Gasteiger partial charge on any atom is 0.236 e. The molecule has 1 atom stereocenters. The molecule has 0 bridgehead atoms. The second kappa shape index (κ2) is 4.71. The molecule has 2 heteroatoms. The van der Waals surface area contributed by atoms with E-state index < -0.39 is 5.79 Å². The van der Waals surface area contributed by atoms with Crippen LogP contribution in [0.25, 0.3) is 0 Å². The van der Waals surface area contributed by atoms with E-state index >= 15 is 0 Å². The average Bonchev–Trinajstić information content (AvgIpc) is 2.75. The molecule has 16 heavy (non-hydrogen) atoms. The largest absolute Gasteiger partial charge is 0.458 e. The molecule has 2 aliphatic rings. The molecule has 2 aliphatic carbocycles. The van der Waals surface area contributed by atoms with E-state index in [2.05, 4.69) is 37.3 Å². The highest BCUT2D eigenvalue weighted by Gasteiger charge is 2.35. The van der Waals surface area contributed by atoms with Crippen molar-refractivity contribution in [3.8, 4) is 0 Å². The van der Waals surface area contributed by atoms with Crippen LogP contribution in [0.2, 0.25) is 0 Å². The minimum Gasteiger partial charge on any atom is -0.458 e. The van der Waals surface area contributed by atoms with E-state index in [4.69, 9.17) is 9.47 Å². The molecule has 1 unspecified atom stereocenters. The summed E-state index contributed by atoms with van der Waals surface area (Å²) in [7, 11) is 0. The molecule has 0 saturated heterocycles. The van der Waals surface area contributed by atoms with E-state index in [1.807, 2.05) is 13.0 Å². The van der Waals surface area contributed by atoms with Gasteiger partial charge in [0.2, 0.25) is 5.79 Å². The Morgan fingerprint density at radius 1 is 1.38 bits per heavy atom. The molecule has 86 valence electrons. The minimum absolute atomic E-state index is 0.593. The SMILES string of the molecule is CCOC1(OC2=CCC=C2)CC=CC=C1C. The van der Waals surface area contributed by atoms with Crippen LogP contribution in [0.5, 0.6) is 0 Å². The maximum atomic E-state index is 6.03. The van der Waals surface area contributed by atoms with Gasteiger partial charge < -0.3 is 9.47 Å². The lowest BCUT2D eigenvalue weighted by atomic mass is 9.98. The van der Waals surface area contributed by atoms with E-state index in [1.165, 1.54) is 0 Å². The molecule has 0 spiro atoms. The van der Waals surface area contributed by atoms with E-state index in [9.17, 15) is 0 Å². The van der Waals surface area contributed by atoms with Crippen molar-refractivity contribution in [2.75, 3.05) is 6.61 Å². The predicted molar refractivity (Wildman–Crippen MR) is 64.8 cm³/mol. The molecule has 2 rings (SSSR count). The Morgan fingerprint density at radius 2 is 2.25 bits per heavy atom. The van der Waals surface area contributed by atoms with Crippen LogP contribution >= 0.6 is 0 Å². The van der Waals surface area contributed by atoms with Crippen LogP contribution in [-0.4, -0.2) is 12.4 Å². The van der Waals surface area contributed by atoms with Gasteiger partial charge in [-0.25, -0.2) is 0 Å². The number of hydrogen-bond acceptors (Lipinski definition) is 2. The van der Waals surface area contributed by atoms with Gasteiger partial charge in [0.25, 0.3) is 0 Å². The van der Waals surface area contributed by atoms with Gasteiger partial charge in [0.05, 0.1) is 0 Å². The van der Waals surface area contributed by atoms with Crippen LogP contribution in [-0.2, 0) is 9.47 Å². The third kappa shape index (κ3) is 2.12. The molecule has 0 amide bonds. The van der Waals surface area contributed by atoms with E-state index in [1.54, 1.807) is 0 Å². The first kappa shape index (κ1) is 11.2. The molecule has 0 radical (unpaired) electrons. The highest BCUT2D eigenvalue weighted by molar-refractivity contribution is 5.28. The summed E-state index contributed by atoms with van der Waals surface area (Å²) in [6, 6.07) is 0. The molecule has 0 saturated carbocycles. The zero-order valence-corrected chi connectivity index (χ0v) is 9.90. The first-order valence-corrected chi connectivity index (χ1v) is 5.80. The fraction of sp³-hybridized carbons (Fsp3) is 0.429. The number of rotatable bonds is 4. The van der Waals surface area contributed by atoms with Gasteiger partial charge in [-0.1, -0.05) is 24.3 Å². The van der Waals surface area contributed by atoms with Crippen molar-refractivity contribution in [1.29, 1.82) is 0 Å². The lowest BCUT2D eigenvalue weighted by molar-refractivity contribution is -0.181. The van der Waals surface area contributed by atoms with Crippen molar-refractivity contribution in [3.63, 3.8) is 0 Å². The third-order valence-corrected chi connectivity index (χ3v) is 2.87. The average molecular weight is 218 g/mol. The highest BCUT2D eigenvalue weighted by atomic mass is 16.7. The lowest BCUT2D eigenvalue weighted by Gasteiger charge is -2.35. The summed E-state index contributed by atoms with van der Waals surface area (Å²) >= 11 is 0. The Hall–Kier alpha value is -1.28. The molecule has 2 nitrogen and oxygen atoms in total. The lowest BCUT2D eigenvalue weighted by Crippen LogP contribution is -2.37. The molecule has 0 heterocycles. The number of ether oxygens (including phenoxy) is 2. The van der Waals surface area contributed by atoms with Crippen molar-refractivity contribution >= 4 is 0 Å². The fourth-order valence-electron chi connectivity index (χ4n) is 1.98. The second-order valence-corrected chi connectivity index (χ2v) is 4.01. The van der Waals surface area contributed by atoms with Gasteiger partial charge in [-0.15, -0.1) is 0 Å². The number of allylic oxidation sites excluding steroid dienone is 5. The summed E-state index contributed by atoms with van der Waals surface area (Å²) < 4.78 is 11.9. The van der Waals surface area contributed by atoms with Crippen LogP contribution in [0.4, 0.5) is 0 Å².